The summed E-state index contributed by atoms with van der Waals surface area (Å²) in [6.07, 6.45) is 9.04. The van der Waals surface area contributed by atoms with Crippen LogP contribution in [0.15, 0.2) is 0 Å². The van der Waals surface area contributed by atoms with E-state index in [1.807, 2.05) is 11.3 Å². The van der Waals surface area contributed by atoms with Crippen LogP contribution in [-0.4, -0.2) is 12.0 Å². The molecule has 2 nitrogen and oxygen atoms in total. The standard InChI is InChI=1S/C17H28N2S/c1-16(2,3)14-10-5-6-11-17(14,18-4)15-19-12-8-7-9-13(12)20-15/h14,18H,5-11H2,1-4H3. The molecule has 2 aliphatic rings. The summed E-state index contributed by atoms with van der Waals surface area (Å²) in [5.74, 6) is 0.681. The van der Waals surface area contributed by atoms with E-state index in [1.54, 1.807) is 4.88 Å². The molecule has 0 aliphatic heterocycles. The molecule has 2 atom stereocenters. The van der Waals surface area contributed by atoms with Crippen molar-refractivity contribution in [2.45, 2.75) is 71.3 Å². The summed E-state index contributed by atoms with van der Waals surface area (Å²) in [5.41, 5.74) is 1.85. The minimum absolute atomic E-state index is 0.117. The van der Waals surface area contributed by atoms with Crippen molar-refractivity contribution < 1.29 is 0 Å². The second-order valence-corrected chi connectivity index (χ2v) is 8.71. The van der Waals surface area contributed by atoms with Crippen molar-refractivity contribution in [3.63, 3.8) is 0 Å². The van der Waals surface area contributed by atoms with E-state index in [0.717, 1.165) is 0 Å². The SMILES string of the molecule is CNC1(c2nc3c(s2)CCC3)CCCCC1C(C)(C)C. The number of nitrogens with one attached hydrogen (secondary N) is 1. The van der Waals surface area contributed by atoms with Gasteiger partial charge in [0, 0.05) is 4.88 Å². The zero-order valence-corrected chi connectivity index (χ0v) is 14.2. The van der Waals surface area contributed by atoms with Crippen LogP contribution in [0, 0.1) is 11.3 Å². The first kappa shape index (κ1) is 14.5. The lowest BCUT2D eigenvalue weighted by Crippen LogP contribution is -2.53. The van der Waals surface area contributed by atoms with Gasteiger partial charge in [0.1, 0.15) is 5.01 Å². The summed E-state index contributed by atoms with van der Waals surface area (Å²) in [7, 11) is 2.15. The van der Waals surface area contributed by atoms with Crippen molar-refractivity contribution >= 4 is 11.3 Å². The van der Waals surface area contributed by atoms with Crippen LogP contribution in [0.25, 0.3) is 0 Å². The van der Waals surface area contributed by atoms with Crippen molar-refractivity contribution in [1.82, 2.24) is 10.3 Å². The highest BCUT2D eigenvalue weighted by Crippen LogP contribution is 2.51. The maximum absolute atomic E-state index is 5.08. The van der Waals surface area contributed by atoms with Gasteiger partial charge in [-0.15, -0.1) is 11.3 Å². The fourth-order valence-corrected chi connectivity index (χ4v) is 5.82. The molecule has 0 radical (unpaired) electrons. The number of hydrogen-bond acceptors (Lipinski definition) is 3. The second-order valence-electron chi connectivity index (χ2n) is 7.63. The largest absolute Gasteiger partial charge is 0.308 e. The first-order valence-corrected chi connectivity index (χ1v) is 8.97. The summed E-state index contributed by atoms with van der Waals surface area (Å²) in [4.78, 5) is 6.64. The fraction of sp³-hybridized carbons (Fsp3) is 0.824. The van der Waals surface area contributed by atoms with E-state index in [-0.39, 0.29) is 5.54 Å². The Hall–Kier alpha value is -0.410. The molecule has 1 heterocycles. The molecule has 0 bridgehead atoms. The molecule has 112 valence electrons. The number of aryl methyl sites for hydroxylation is 2. The smallest absolute Gasteiger partial charge is 0.114 e. The highest BCUT2D eigenvalue weighted by atomic mass is 32.1. The van der Waals surface area contributed by atoms with Crippen molar-refractivity contribution in [3.8, 4) is 0 Å². The highest BCUT2D eigenvalue weighted by Gasteiger charge is 2.48. The van der Waals surface area contributed by atoms with Crippen LogP contribution < -0.4 is 5.32 Å². The van der Waals surface area contributed by atoms with E-state index in [0.29, 0.717) is 11.3 Å². The Bertz CT molecular complexity index is 464. The van der Waals surface area contributed by atoms with Gasteiger partial charge in [-0.1, -0.05) is 33.6 Å². The van der Waals surface area contributed by atoms with Gasteiger partial charge in [-0.25, -0.2) is 4.98 Å². The monoisotopic (exact) mass is 292 g/mol. The zero-order valence-electron chi connectivity index (χ0n) is 13.4. The van der Waals surface area contributed by atoms with Gasteiger partial charge in [-0.2, -0.15) is 0 Å². The molecule has 1 saturated carbocycles. The average Bonchev–Trinajstić information content (AvgIpc) is 2.98. The van der Waals surface area contributed by atoms with Gasteiger partial charge >= 0.3 is 0 Å². The molecular weight excluding hydrogens is 264 g/mol. The molecule has 3 heteroatoms. The normalized spacial score (nSPS) is 30.5. The first-order valence-electron chi connectivity index (χ1n) is 8.15. The molecule has 20 heavy (non-hydrogen) atoms. The molecule has 0 amide bonds. The van der Waals surface area contributed by atoms with Crippen molar-refractivity contribution in [1.29, 1.82) is 0 Å². The van der Waals surface area contributed by atoms with Crippen molar-refractivity contribution in [2.75, 3.05) is 7.05 Å². The summed E-state index contributed by atoms with van der Waals surface area (Å²) < 4.78 is 0. The van der Waals surface area contributed by atoms with Gasteiger partial charge in [-0.3, -0.25) is 0 Å². The number of hydrogen-bond donors (Lipinski definition) is 1. The lowest BCUT2D eigenvalue weighted by molar-refractivity contribution is 0.0535. The predicted octanol–water partition coefficient (Wildman–Crippen LogP) is 4.28. The molecule has 2 aliphatic carbocycles. The van der Waals surface area contributed by atoms with Crippen LogP contribution in [-0.2, 0) is 18.4 Å². The Kier molecular flexibility index (Phi) is 3.70. The topological polar surface area (TPSA) is 24.9 Å². The molecule has 0 spiro atoms. The maximum Gasteiger partial charge on any atom is 0.114 e. The minimum atomic E-state index is 0.117. The molecule has 2 unspecified atom stereocenters. The van der Waals surface area contributed by atoms with Crippen LogP contribution in [0.4, 0.5) is 0 Å². The Morgan fingerprint density at radius 1 is 1.20 bits per heavy atom. The Morgan fingerprint density at radius 3 is 2.65 bits per heavy atom. The number of rotatable bonds is 2. The van der Waals surface area contributed by atoms with E-state index in [1.165, 1.54) is 55.6 Å². The quantitative estimate of drug-likeness (QED) is 0.880. The third-order valence-corrected chi connectivity index (χ3v) is 6.71. The van der Waals surface area contributed by atoms with Gasteiger partial charge in [0.25, 0.3) is 0 Å². The summed E-state index contributed by atoms with van der Waals surface area (Å²) in [6.45, 7) is 7.20. The zero-order chi connectivity index (χ0) is 14.4. The van der Waals surface area contributed by atoms with E-state index in [4.69, 9.17) is 4.98 Å². The van der Waals surface area contributed by atoms with Gasteiger partial charge in [0.2, 0.25) is 0 Å². The second kappa shape index (κ2) is 5.10. The van der Waals surface area contributed by atoms with Crippen LogP contribution in [0.5, 0.6) is 0 Å². The van der Waals surface area contributed by atoms with E-state index in [2.05, 4.69) is 33.1 Å². The van der Waals surface area contributed by atoms with Crippen LogP contribution >= 0.6 is 11.3 Å². The Morgan fingerprint density at radius 2 is 2.00 bits per heavy atom. The average molecular weight is 292 g/mol. The maximum atomic E-state index is 5.08. The van der Waals surface area contributed by atoms with E-state index in [9.17, 15) is 0 Å². The van der Waals surface area contributed by atoms with Crippen LogP contribution in [0.2, 0.25) is 0 Å². The first-order chi connectivity index (χ1) is 9.47. The van der Waals surface area contributed by atoms with E-state index >= 15 is 0 Å². The van der Waals surface area contributed by atoms with Crippen molar-refractivity contribution in [2.24, 2.45) is 11.3 Å². The lowest BCUT2D eigenvalue weighted by atomic mass is 9.62. The van der Waals surface area contributed by atoms with Gasteiger partial charge in [-0.05, 0) is 50.5 Å². The van der Waals surface area contributed by atoms with Crippen LogP contribution in [0.1, 0.15) is 68.5 Å². The predicted molar refractivity (Wildman–Crippen MR) is 86.3 cm³/mol. The molecule has 1 aromatic rings. The number of nitrogens with zero attached hydrogens (tertiary/aromatic N) is 1. The van der Waals surface area contributed by atoms with Gasteiger partial charge in [0.15, 0.2) is 0 Å². The van der Waals surface area contributed by atoms with Gasteiger partial charge < -0.3 is 5.32 Å². The Balaban J connectivity index is 2.03. The molecule has 3 rings (SSSR count). The fourth-order valence-electron chi connectivity index (χ4n) is 4.39. The Labute approximate surface area is 127 Å². The molecule has 1 fully saturated rings. The minimum Gasteiger partial charge on any atom is -0.308 e. The third kappa shape index (κ3) is 2.23. The summed E-state index contributed by atoms with van der Waals surface area (Å²) in [6, 6.07) is 0. The van der Waals surface area contributed by atoms with Crippen LogP contribution in [0.3, 0.4) is 0 Å². The molecular formula is C17H28N2S. The highest BCUT2D eigenvalue weighted by molar-refractivity contribution is 7.12. The van der Waals surface area contributed by atoms with E-state index < -0.39 is 0 Å². The molecule has 1 N–H and O–H groups in total. The number of thiazole rings is 1. The van der Waals surface area contributed by atoms with Gasteiger partial charge in [0.05, 0.1) is 11.2 Å². The van der Waals surface area contributed by atoms with Crippen molar-refractivity contribution in [3.05, 3.63) is 15.6 Å². The molecule has 0 saturated heterocycles. The third-order valence-electron chi connectivity index (χ3n) is 5.38. The molecule has 0 aromatic carbocycles. The summed E-state index contributed by atoms with van der Waals surface area (Å²) >= 11 is 2.00. The lowest BCUT2D eigenvalue weighted by Gasteiger charge is -2.49. The molecule has 1 aromatic heterocycles. The number of fused-ring (bicyclic) bond motifs is 1. The number of aromatic nitrogens is 1. The summed E-state index contributed by atoms with van der Waals surface area (Å²) in [5, 5.41) is 5.11.